The minimum absolute atomic E-state index is 0.117. The number of likely N-dealkylation sites (tertiary alicyclic amines) is 1. The van der Waals surface area contributed by atoms with Crippen molar-refractivity contribution in [1.29, 1.82) is 0 Å². The molecule has 5 nitrogen and oxygen atoms in total. The Morgan fingerprint density at radius 2 is 1.43 bits per heavy atom. The van der Waals surface area contributed by atoms with Gasteiger partial charge in [-0.1, -0.05) is 42.5 Å². The number of carbonyl (C=O) groups is 1. The number of rotatable bonds is 7. The normalized spacial score (nSPS) is 17.8. The quantitative estimate of drug-likeness (QED) is 0.540. The lowest BCUT2D eigenvalue weighted by atomic mass is 9.85. The van der Waals surface area contributed by atoms with Crippen LogP contribution < -0.4 is 15.5 Å². The molecular formula is C28H30F2N4O. The molecule has 3 aromatic carbocycles. The number of halogens is 2. The maximum atomic E-state index is 13.5. The van der Waals surface area contributed by atoms with Crippen LogP contribution >= 0.6 is 0 Å². The number of carbonyl (C=O) groups excluding carboxylic acids is 1. The van der Waals surface area contributed by atoms with Crippen LogP contribution in [-0.2, 0) is 4.79 Å². The first-order valence-electron chi connectivity index (χ1n) is 12.1. The van der Waals surface area contributed by atoms with Gasteiger partial charge in [0.2, 0.25) is 5.91 Å². The molecule has 0 radical (unpaired) electrons. The van der Waals surface area contributed by atoms with Gasteiger partial charge in [0.05, 0.1) is 12.7 Å². The highest BCUT2D eigenvalue weighted by atomic mass is 19.1. The Kier molecular flexibility index (Phi) is 6.79. The molecule has 0 unspecified atom stereocenters. The first-order valence-corrected chi connectivity index (χ1v) is 12.1. The largest absolute Gasteiger partial charge is 0.339 e. The standard InChI is InChI=1S/C28H30F2N4O/c29-23-10-6-21(7-11-23)26(22-8-12-24(30)13-9-22)31-16-19-33-17-14-28(15-18-33)27(35)32-20-34(28)25-4-2-1-3-5-25/h1-13,26,31H,14-20H2,(H,32,35). The second kappa shape index (κ2) is 10.1. The molecule has 2 heterocycles. The summed E-state index contributed by atoms with van der Waals surface area (Å²) in [4.78, 5) is 17.5. The van der Waals surface area contributed by atoms with Crippen LogP contribution in [0.1, 0.15) is 30.0 Å². The SMILES string of the molecule is O=C1NCN(c2ccccc2)C12CCN(CCNC(c1ccc(F)cc1)c1ccc(F)cc1)CC2. The van der Waals surface area contributed by atoms with Crippen molar-refractivity contribution in [2.75, 3.05) is 37.7 Å². The highest BCUT2D eigenvalue weighted by Gasteiger charge is 2.50. The molecule has 0 aliphatic carbocycles. The van der Waals surface area contributed by atoms with Gasteiger partial charge >= 0.3 is 0 Å². The highest BCUT2D eigenvalue weighted by molar-refractivity contribution is 5.93. The second-order valence-corrected chi connectivity index (χ2v) is 9.29. The lowest BCUT2D eigenvalue weighted by Gasteiger charge is -2.43. The molecule has 0 bridgehead atoms. The molecule has 2 saturated heterocycles. The third kappa shape index (κ3) is 4.92. The minimum atomic E-state index is -0.490. The summed E-state index contributed by atoms with van der Waals surface area (Å²) in [6, 6.07) is 22.8. The predicted molar refractivity (Wildman–Crippen MR) is 133 cm³/mol. The first-order chi connectivity index (χ1) is 17.0. The van der Waals surface area contributed by atoms with Crippen molar-refractivity contribution in [3.05, 3.63) is 102 Å². The van der Waals surface area contributed by atoms with E-state index in [9.17, 15) is 13.6 Å². The van der Waals surface area contributed by atoms with Gasteiger partial charge in [-0.15, -0.1) is 0 Å². The van der Waals surface area contributed by atoms with Gasteiger partial charge in [-0.2, -0.15) is 0 Å². The van der Waals surface area contributed by atoms with E-state index in [4.69, 9.17) is 0 Å². The number of nitrogens with zero attached hydrogens (tertiary/aromatic N) is 2. The van der Waals surface area contributed by atoms with E-state index in [-0.39, 0.29) is 23.6 Å². The summed E-state index contributed by atoms with van der Waals surface area (Å²) in [6.07, 6.45) is 1.54. The van der Waals surface area contributed by atoms with E-state index in [0.717, 1.165) is 49.3 Å². The zero-order valence-corrected chi connectivity index (χ0v) is 19.6. The average molecular weight is 477 g/mol. The molecule has 2 aliphatic heterocycles. The number of hydrogen-bond acceptors (Lipinski definition) is 4. The van der Waals surface area contributed by atoms with Crippen molar-refractivity contribution >= 4 is 11.6 Å². The van der Waals surface area contributed by atoms with Crippen LogP contribution in [0, 0.1) is 11.6 Å². The van der Waals surface area contributed by atoms with Crippen LogP contribution in [0.3, 0.4) is 0 Å². The Balaban J connectivity index is 1.22. The summed E-state index contributed by atoms with van der Waals surface area (Å²) >= 11 is 0. The number of piperidine rings is 1. The fourth-order valence-electron chi connectivity index (χ4n) is 5.28. The van der Waals surface area contributed by atoms with Crippen LogP contribution in [0.2, 0.25) is 0 Å². The number of benzene rings is 3. The van der Waals surface area contributed by atoms with Gasteiger partial charge in [-0.25, -0.2) is 8.78 Å². The van der Waals surface area contributed by atoms with Gasteiger partial charge in [0.25, 0.3) is 0 Å². The molecule has 1 amide bonds. The molecule has 2 aliphatic rings. The van der Waals surface area contributed by atoms with Crippen molar-refractivity contribution in [3.63, 3.8) is 0 Å². The average Bonchev–Trinajstić information content (AvgIpc) is 3.20. The van der Waals surface area contributed by atoms with Crippen molar-refractivity contribution in [1.82, 2.24) is 15.5 Å². The summed E-state index contributed by atoms with van der Waals surface area (Å²) in [7, 11) is 0. The zero-order valence-electron chi connectivity index (χ0n) is 19.6. The Hall–Kier alpha value is -3.29. The summed E-state index contributed by atoms with van der Waals surface area (Å²) in [6.45, 7) is 3.73. The zero-order chi connectivity index (χ0) is 24.3. The van der Waals surface area contributed by atoms with Gasteiger partial charge in [-0.05, 0) is 60.4 Å². The topological polar surface area (TPSA) is 47.6 Å². The van der Waals surface area contributed by atoms with Crippen LogP contribution in [0.4, 0.5) is 14.5 Å². The number of amides is 1. The smallest absolute Gasteiger partial charge is 0.247 e. The fourth-order valence-corrected chi connectivity index (χ4v) is 5.28. The fraction of sp³-hybridized carbons (Fsp3) is 0.321. The van der Waals surface area contributed by atoms with Crippen LogP contribution in [0.5, 0.6) is 0 Å². The molecule has 2 fully saturated rings. The molecule has 0 atom stereocenters. The van der Waals surface area contributed by atoms with E-state index < -0.39 is 5.54 Å². The molecule has 2 N–H and O–H groups in total. The molecule has 3 aromatic rings. The van der Waals surface area contributed by atoms with Gasteiger partial charge < -0.3 is 20.4 Å². The van der Waals surface area contributed by atoms with Crippen molar-refractivity contribution < 1.29 is 13.6 Å². The molecule has 1 spiro atoms. The van der Waals surface area contributed by atoms with Crippen LogP contribution in [-0.4, -0.2) is 49.2 Å². The van der Waals surface area contributed by atoms with Crippen LogP contribution in [0.15, 0.2) is 78.9 Å². The van der Waals surface area contributed by atoms with Gasteiger partial charge in [0.15, 0.2) is 0 Å². The van der Waals surface area contributed by atoms with Gasteiger partial charge in [0, 0.05) is 31.9 Å². The monoisotopic (exact) mass is 476 g/mol. The number of anilines is 1. The van der Waals surface area contributed by atoms with Crippen molar-refractivity contribution in [2.45, 2.75) is 24.4 Å². The number of hydrogen-bond donors (Lipinski definition) is 2. The van der Waals surface area contributed by atoms with Crippen LogP contribution in [0.25, 0.3) is 0 Å². The second-order valence-electron chi connectivity index (χ2n) is 9.29. The third-order valence-electron chi connectivity index (χ3n) is 7.27. The van der Waals surface area contributed by atoms with Gasteiger partial charge in [0.1, 0.15) is 17.2 Å². The lowest BCUT2D eigenvalue weighted by Crippen LogP contribution is -2.57. The lowest BCUT2D eigenvalue weighted by molar-refractivity contribution is -0.125. The number of nitrogens with one attached hydrogen (secondary N) is 2. The maximum Gasteiger partial charge on any atom is 0.247 e. The first kappa shape index (κ1) is 23.5. The summed E-state index contributed by atoms with van der Waals surface area (Å²) < 4.78 is 27.0. The molecule has 35 heavy (non-hydrogen) atoms. The highest BCUT2D eigenvalue weighted by Crippen LogP contribution is 2.36. The Bertz CT molecular complexity index is 1080. The molecule has 5 rings (SSSR count). The molecular weight excluding hydrogens is 446 g/mol. The van der Waals surface area contributed by atoms with E-state index in [1.54, 1.807) is 24.3 Å². The van der Waals surface area contributed by atoms with Crippen molar-refractivity contribution in [3.8, 4) is 0 Å². The minimum Gasteiger partial charge on any atom is -0.339 e. The predicted octanol–water partition coefficient (Wildman–Crippen LogP) is 4.07. The Morgan fingerprint density at radius 1 is 0.857 bits per heavy atom. The van der Waals surface area contributed by atoms with E-state index in [1.165, 1.54) is 24.3 Å². The van der Waals surface area contributed by atoms with E-state index in [2.05, 4.69) is 32.6 Å². The van der Waals surface area contributed by atoms with Crippen molar-refractivity contribution in [2.24, 2.45) is 0 Å². The van der Waals surface area contributed by atoms with E-state index in [0.29, 0.717) is 13.2 Å². The van der Waals surface area contributed by atoms with E-state index in [1.807, 2.05) is 18.2 Å². The molecule has 7 heteroatoms. The summed E-state index contributed by atoms with van der Waals surface area (Å²) in [5.41, 5.74) is 2.44. The third-order valence-corrected chi connectivity index (χ3v) is 7.27. The molecule has 0 saturated carbocycles. The Morgan fingerprint density at radius 3 is 2.00 bits per heavy atom. The molecule has 0 aromatic heterocycles. The maximum absolute atomic E-state index is 13.5. The molecule has 182 valence electrons. The number of para-hydroxylation sites is 1. The summed E-state index contributed by atoms with van der Waals surface area (Å²) in [5, 5.41) is 6.62. The van der Waals surface area contributed by atoms with Gasteiger partial charge in [-0.3, -0.25) is 4.79 Å². The Labute approximate surface area is 204 Å². The van der Waals surface area contributed by atoms with E-state index >= 15 is 0 Å². The summed E-state index contributed by atoms with van der Waals surface area (Å²) in [5.74, 6) is -0.449.